The predicted molar refractivity (Wildman–Crippen MR) is 63.1 cm³/mol. The van der Waals surface area contributed by atoms with Crippen molar-refractivity contribution in [1.29, 1.82) is 0 Å². The summed E-state index contributed by atoms with van der Waals surface area (Å²) in [5.41, 5.74) is 0.912. The maximum absolute atomic E-state index is 11.4. The van der Waals surface area contributed by atoms with Crippen LogP contribution in [0.1, 0.15) is 12.5 Å². The quantitative estimate of drug-likeness (QED) is 0.798. The highest BCUT2D eigenvalue weighted by Crippen LogP contribution is 2.32. The summed E-state index contributed by atoms with van der Waals surface area (Å²) in [6.07, 6.45) is 0. The summed E-state index contributed by atoms with van der Waals surface area (Å²) in [5, 5.41) is 5.12. The minimum Gasteiger partial charge on any atom is -0.454 e. The minimum atomic E-state index is -0.233. The third-order valence-electron chi connectivity index (χ3n) is 2.42. The molecule has 1 heterocycles. The van der Waals surface area contributed by atoms with Gasteiger partial charge in [-0.15, -0.1) is 0 Å². The molecule has 0 aromatic heterocycles. The lowest BCUT2D eigenvalue weighted by Crippen LogP contribution is -2.35. The lowest BCUT2D eigenvalue weighted by molar-refractivity contribution is -0.125. The summed E-state index contributed by atoms with van der Waals surface area (Å²) < 4.78 is 10.4. The first-order valence-electron chi connectivity index (χ1n) is 5.55. The van der Waals surface area contributed by atoms with Gasteiger partial charge in [-0.2, -0.15) is 0 Å². The van der Waals surface area contributed by atoms with Gasteiger partial charge < -0.3 is 20.1 Å². The van der Waals surface area contributed by atoms with Crippen LogP contribution in [0, 0.1) is 0 Å². The molecule has 2 rings (SSSR count). The topological polar surface area (TPSA) is 76.7 Å². The van der Waals surface area contributed by atoms with Crippen LogP contribution >= 0.6 is 0 Å². The molecule has 1 aliphatic rings. The smallest absolute Gasteiger partial charge is 0.239 e. The van der Waals surface area contributed by atoms with E-state index in [0.717, 1.165) is 5.56 Å². The minimum absolute atomic E-state index is 0.0140. The molecule has 0 atom stereocenters. The van der Waals surface area contributed by atoms with Gasteiger partial charge in [-0.25, -0.2) is 0 Å². The van der Waals surface area contributed by atoms with Gasteiger partial charge >= 0.3 is 0 Å². The van der Waals surface area contributed by atoms with Gasteiger partial charge in [-0.1, -0.05) is 6.07 Å². The van der Waals surface area contributed by atoms with E-state index in [4.69, 9.17) is 9.47 Å². The zero-order valence-electron chi connectivity index (χ0n) is 9.99. The van der Waals surface area contributed by atoms with Crippen molar-refractivity contribution in [2.45, 2.75) is 13.5 Å². The molecule has 2 amide bonds. The highest BCUT2D eigenvalue weighted by Gasteiger charge is 2.13. The monoisotopic (exact) mass is 250 g/mol. The fraction of sp³-hybridized carbons (Fsp3) is 0.333. The van der Waals surface area contributed by atoms with Crippen molar-refractivity contribution in [2.24, 2.45) is 0 Å². The molecule has 0 fully saturated rings. The SMILES string of the molecule is CC(=O)NCC(=O)NCc1ccc2c(c1)OCO2. The standard InChI is InChI=1S/C12H14N2O4/c1-8(15)13-6-12(16)14-5-9-2-3-10-11(4-9)18-7-17-10/h2-4H,5-7H2,1H3,(H,13,15)(H,14,16). The fourth-order valence-electron chi connectivity index (χ4n) is 1.52. The van der Waals surface area contributed by atoms with E-state index in [1.807, 2.05) is 12.1 Å². The molecule has 0 radical (unpaired) electrons. The Labute approximate surface area is 104 Å². The second-order valence-corrected chi connectivity index (χ2v) is 3.87. The van der Waals surface area contributed by atoms with Crippen LogP contribution in [-0.2, 0) is 16.1 Å². The third kappa shape index (κ3) is 3.13. The Bertz CT molecular complexity index is 473. The number of hydrogen-bond donors (Lipinski definition) is 2. The molecule has 0 unspecified atom stereocenters. The van der Waals surface area contributed by atoms with Crippen LogP contribution in [0.15, 0.2) is 18.2 Å². The molecule has 1 aromatic rings. The Morgan fingerprint density at radius 3 is 2.78 bits per heavy atom. The van der Waals surface area contributed by atoms with Crippen LogP contribution in [-0.4, -0.2) is 25.2 Å². The zero-order chi connectivity index (χ0) is 13.0. The average Bonchev–Trinajstić information content (AvgIpc) is 2.81. The van der Waals surface area contributed by atoms with Gasteiger partial charge in [-0.3, -0.25) is 9.59 Å². The maximum atomic E-state index is 11.4. The highest BCUT2D eigenvalue weighted by molar-refractivity contribution is 5.83. The Kier molecular flexibility index (Phi) is 3.66. The van der Waals surface area contributed by atoms with E-state index in [2.05, 4.69) is 10.6 Å². The van der Waals surface area contributed by atoms with Crippen molar-refractivity contribution < 1.29 is 19.1 Å². The summed E-state index contributed by atoms with van der Waals surface area (Å²) in [6, 6.07) is 5.48. The number of carbonyl (C=O) groups is 2. The number of amides is 2. The molecular weight excluding hydrogens is 236 g/mol. The molecule has 1 aliphatic heterocycles. The molecule has 0 aliphatic carbocycles. The molecule has 18 heavy (non-hydrogen) atoms. The second-order valence-electron chi connectivity index (χ2n) is 3.87. The first kappa shape index (κ1) is 12.2. The van der Waals surface area contributed by atoms with E-state index in [1.54, 1.807) is 6.07 Å². The van der Waals surface area contributed by atoms with Gasteiger partial charge in [0.15, 0.2) is 11.5 Å². The molecular formula is C12H14N2O4. The van der Waals surface area contributed by atoms with Gasteiger partial charge in [0.25, 0.3) is 0 Å². The number of nitrogens with one attached hydrogen (secondary N) is 2. The van der Waals surface area contributed by atoms with Crippen molar-refractivity contribution in [3.05, 3.63) is 23.8 Å². The van der Waals surface area contributed by atoms with Crippen LogP contribution in [0.5, 0.6) is 11.5 Å². The van der Waals surface area contributed by atoms with Crippen molar-refractivity contribution >= 4 is 11.8 Å². The molecule has 6 nitrogen and oxygen atoms in total. The molecule has 0 bridgehead atoms. The second kappa shape index (κ2) is 5.39. The molecule has 96 valence electrons. The van der Waals surface area contributed by atoms with E-state index in [0.29, 0.717) is 18.0 Å². The summed E-state index contributed by atoms with van der Waals surface area (Å²) in [4.78, 5) is 22.0. The van der Waals surface area contributed by atoms with E-state index in [-0.39, 0.29) is 25.2 Å². The number of carbonyl (C=O) groups excluding carboxylic acids is 2. The van der Waals surface area contributed by atoms with Crippen molar-refractivity contribution in [1.82, 2.24) is 10.6 Å². The number of ether oxygens (including phenoxy) is 2. The number of hydrogen-bond acceptors (Lipinski definition) is 4. The van der Waals surface area contributed by atoms with Gasteiger partial charge in [0, 0.05) is 13.5 Å². The van der Waals surface area contributed by atoms with Crippen molar-refractivity contribution in [3.63, 3.8) is 0 Å². The molecule has 0 spiro atoms. The number of benzene rings is 1. The van der Waals surface area contributed by atoms with Crippen LogP contribution in [0.3, 0.4) is 0 Å². The van der Waals surface area contributed by atoms with E-state index in [9.17, 15) is 9.59 Å². The van der Waals surface area contributed by atoms with Crippen molar-refractivity contribution in [2.75, 3.05) is 13.3 Å². The maximum Gasteiger partial charge on any atom is 0.239 e. The highest BCUT2D eigenvalue weighted by atomic mass is 16.7. The van der Waals surface area contributed by atoms with Crippen molar-refractivity contribution in [3.8, 4) is 11.5 Å². The zero-order valence-corrected chi connectivity index (χ0v) is 9.99. The van der Waals surface area contributed by atoms with Gasteiger partial charge in [0.05, 0.1) is 6.54 Å². The van der Waals surface area contributed by atoms with E-state index >= 15 is 0 Å². The Morgan fingerprint density at radius 2 is 2.00 bits per heavy atom. The lowest BCUT2D eigenvalue weighted by atomic mass is 10.2. The summed E-state index contributed by atoms with van der Waals surface area (Å²) >= 11 is 0. The van der Waals surface area contributed by atoms with Gasteiger partial charge in [0.1, 0.15) is 0 Å². The Hall–Kier alpha value is -2.24. The number of fused-ring (bicyclic) bond motifs is 1. The lowest BCUT2D eigenvalue weighted by Gasteiger charge is -2.06. The fourth-order valence-corrected chi connectivity index (χ4v) is 1.52. The van der Waals surface area contributed by atoms with Crippen LogP contribution in [0.4, 0.5) is 0 Å². The molecule has 0 saturated heterocycles. The third-order valence-corrected chi connectivity index (χ3v) is 2.42. The van der Waals surface area contributed by atoms with Crippen LogP contribution < -0.4 is 20.1 Å². The molecule has 1 aromatic carbocycles. The van der Waals surface area contributed by atoms with Crippen LogP contribution in [0.25, 0.3) is 0 Å². The first-order valence-corrected chi connectivity index (χ1v) is 5.55. The van der Waals surface area contributed by atoms with Gasteiger partial charge in [-0.05, 0) is 17.7 Å². The van der Waals surface area contributed by atoms with Gasteiger partial charge in [0.2, 0.25) is 18.6 Å². The normalized spacial score (nSPS) is 12.1. The van der Waals surface area contributed by atoms with E-state index < -0.39 is 0 Å². The van der Waals surface area contributed by atoms with E-state index in [1.165, 1.54) is 6.92 Å². The first-order chi connectivity index (χ1) is 8.65. The molecule has 2 N–H and O–H groups in total. The predicted octanol–water partition coefficient (Wildman–Crippen LogP) is 0.168. The largest absolute Gasteiger partial charge is 0.454 e. The molecule has 0 saturated carbocycles. The average molecular weight is 250 g/mol. The summed E-state index contributed by atoms with van der Waals surface area (Å²) in [7, 11) is 0. The Morgan fingerprint density at radius 1 is 1.22 bits per heavy atom. The number of rotatable bonds is 4. The molecule has 6 heteroatoms. The summed E-state index contributed by atoms with van der Waals surface area (Å²) in [5.74, 6) is 0.933. The summed E-state index contributed by atoms with van der Waals surface area (Å²) in [6.45, 7) is 1.97. The Balaban J connectivity index is 1.83. The van der Waals surface area contributed by atoms with Crippen LogP contribution in [0.2, 0.25) is 0 Å².